The van der Waals surface area contributed by atoms with Crippen molar-refractivity contribution in [3.05, 3.63) is 35.4 Å². The van der Waals surface area contributed by atoms with Crippen LogP contribution in [0.25, 0.3) is 0 Å². The summed E-state index contributed by atoms with van der Waals surface area (Å²) >= 11 is 0. The van der Waals surface area contributed by atoms with E-state index in [2.05, 4.69) is 5.32 Å². The second-order valence-corrected chi connectivity index (χ2v) is 7.93. The van der Waals surface area contributed by atoms with Crippen molar-refractivity contribution in [3.63, 3.8) is 0 Å². The molecule has 0 spiro atoms. The number of carbonyl (C=O) groups is 3. The monoisotopic (exact) mass is 429 g/mol. The van der Waals surface area contributed by atoms with Gasteiger partial charge in [-0.25, -0.2) is 4.79 Å². The average Bonchev–Trinajstić information content (AvgIpc) is 2.90. The Bertz CT molecular complexity index is 790. The predicted octanol–water partition coefficient (Wildman–Crippen LogP) is 2.90. The minimum absolute atomic E-state index is 0.100. The van der Waals surface area contributed by atoms with Crippen molar-refractivity contribution in [1.29, 1.82) is 0 Å². The number of halogens is 3. The Morgan fingerprint density at radius 1 is 1.00 bits per heavy atom. The SMILES string of the molecule is CC(C)(C)OC(=O)NCC(=O)N1CCCN(C(=O)c2ccccc2C(F)(F)F)CC1. The lowest BCUT2D eigenvalue weighted by Gasteiger charge is -2.24. The van der Waals surface area contributed by atoms with Crippen molar-refractivity contribution in [1.82, 2.24) is 15.1 Å². The van der Waals surface area contributed by atoms with Gasteiger partial charge in [0.25, 0.3) is 5.91 Å². The molecule has 0 radical (unpaired) electrons. The fraction of sp³-hybridized carbons (Fsp3) is 0.550. The molecule has 30 heavy (non-hydrogen) atoms. The molecule has 2 rings (SSSR count). The Morgan fingerprint density at radius 2 is 1.60 bits per heavy atom. The molecule has 1 heterocycles. The van der Waals surface area contributed by atoms with Crippen molar-refractivity contribution in [2.75, 3.05) is 32.7 Å². The summed E-state index contributed by atoms with van der Waals surface area (Å²) in [5, 5.41) is 2.38. The standard InChI is InChI=1S/C20H26F3N3O4/c1-19(2,3)30-18(29)24-13-16(27)25-9-6-10-26(12-11-25)17(28)14-7-4-5-8-15(14)20(21,22)23/h4-5,7-8H,6,9-13H2,1-3H3,(H,24,29). The number of carbonyl (C=O) groups excluding carboxylic acids is 3. The fourth-order valence-corrected chi connectivity index (χ4v) is 3.03. The molecule has 0 saturated carbocycles. The summed E-state index contributed by atoms with van der Waals surface area (Å²) in [4.78, 5) is 39.5. The number of amides is 3. The Labute approximate surface area is 173 Å². The first kappa shape index (κ1) is 23.5. The number of hydrogen-bond donors (Lipinski definition) is 1. The molecule has 1 aromatic rings. The summed E-state index contributed by atoms with van der Waals surface area (Å²) in [6.45, 7) is 5.66. The third kappa shape index (κ3) is 6.64. The largest absolute Gasteiger partial charge is 0.444 e. The van der Waals surface area contributed by atoms with E-state index in [1.165, 1.54) is 21.9 Å². The minimum Gasteiger partial charge on any atom is -0.444 e. The van der Waals surface area contributed by atoms with Gasteiger partial charge < -0.3 is 19.9 Å². The maximum absolute atomic E-state index is 13.2. The number of ether oxygens (including phenoxy) is 1. The third-order valence-electron chi connectivity index (χ3n) is 4.38. The lowest BCUT2D eigenvalue weighted by atomic mass is 10.1. The summed E-state index contributed by atoms with van der Waals surface area (Å²) in [5.41, 5.74) is -2.08. The number of nitrogens with one attached hydrogen (secondary N) is 1. The summed E-state index contributed by atoms with van der Waals surface area (Å²) in [6.07, 6.45) is -4.93. The van der Waals surface area contributed by atoms with E-state index in [0.29, 0.717) is 13.0 Å². The van der Waals surface area contributed by atoms with E-state index >= 15 is 0 Å². The van der Waals surface area contributed by atoms with E-state index in [9.17, 15) is 27.6 Å². The van der Waals surface area contributed by atoms with Crippen LogP contribution >= 0.6 is 0 Å². The quantitative estimate of drug-likeness (QED) is 0.802. The number of alkyl halides is 3. The number of benzene rings is 1. The normalized spacial score (nSPS) is 15.4. The average molecular weight is 429 g/mol. The molecule has 0 unspecified atom stereocenters. The Balaban J connectivity index is 1.96. The first-order chi connectivity index (χ1) is 13.9. The zero-order valence-electron chi connectivity index (χ0n) is 17.2. The van der Waals surface area contributed by atoms with Crippen LogP contribution in [0.15, 0.2) is 24.3 Å². The lowest BCUT2D eigenvalue weighted by molar-refractivity contribution is -0.138. The zero-order valence-corrected chi connectivity index (χ0v) is 17.2. The van der Waals surface area contributed by atoms with Crippen LogP contribution in [-0.4, -0.2) is 66.0 Å². The summed E-state index contributed by atoms with van der Waals surface area (Å²) in [7, 11) is 0. The highest BCUT2D eigenvalue weighted by Gasteiger charge is 2.36. The van der Waals surface area contributed by atoms with Crippen LogP contribution in [0.3, 0.4) is 0 Å². The molecule has 1 aliphatic rings. The number of hydrogen-bond acceptors (Lipinski definition) is 4. The first-order valence-corrected chi connectivity index (χ1v) is 9.58. The van der Waals surface area contributed by atoms with Crippen LogP contribution in [0.2, 0.25) is 0 Å². The van der Waals surface area contributed by atoms with Crippen molar-refractivity contribution < 1.29 is 32.3 Å². The van der Waals surface area contributed by atoms with Crippen molar-refractivity contribution in [2.45, 2.75) is 39.0 Å². The Hall–Kier alpha value is -2.78. The van der Waals surface area contributed by atoms with E-state index < -0.39 is 34.9 Å². The van der Waals surface area contributed by atoms with Gasteiger partial charge in [0.15, 0.2) is 0 Å². The van der Waals surface area contributed by atoms with E-state index in [1.54, 1.807) is 20.8 Å². The van der Waals surface area contributed by atoms with Gasteiger partial charge in [0.1, 0.15) is 12.1 Å². The van der Waals surface area contributed by atoms with Gasteiger partial charge in [0.05, 0.1) is 11.1 Å². The van der Waals surface area contributed by atoms with E-state index in [0.717, 1.165) is 12.1 Å². The zero-order chi connectivity index (χ0) is 22.5. The van der Waals surface area contributed by atoms with Crippen molar-refractivity contribution in [3.8, 4) is 0 Å². The van der Waals surface area contributed by atoms with Gasteiger partial charge in [-0.15, -0.1) is 0 Å². The molecule has 0 aromatic heterocycles. The van der Waals surface area contributed by atoms with Gasteiger partial charge in [-0.1, -0.05) is 12.1 Å². The molecule has 1 aromatic carbocycles. The molecule has 1 fully saturated rings. The van der Waals surface area contributed by atoms with E-state index in [-0.39, 0.29) is 32.1 Å². The lowest BCUT2D eigenvalue weighted by Crippen LogP contribution is -2.43. The molecule has 7 nitrogen and oxygen atoms in total. The maximum Gasteiger partial charge on any atom is 0.417 e. The molecule has 10 heteroatoms. The van der Waals surface area contributed by atoms with Gasteiger partial charge in [-0.2, -0.15) is 13.2 Å². The van der Waals surface area contributed by atoms with Crippen molar-refractivity contribution >= 4 is 17.9 Å². The molecule has 1 saturated heterocycles. The Morgan fingerprint density at radius 3 is 2.23 bits per heavy atom. The van der Waals surface area contributed by atoms with Crippen LogP contribution in [0, 0.1) is 0 Å². The van der Waals surface area contributed by atoms with Crippen LogP contribution < -0.4 is 5.32 Å². The molecule has 166 valence electrons. The number of alkyl carbamates (subject to hydrolysis) is 1. The molecule has 0 bridgehead atoms. The molecule has 3 amide bonds. The smallest absolute Gasteiger partial charge is 0.417 e. The molecular weight excluding hydrogens is 403 g/mol. The summed E-state index contributed by atoms with van der Waals surface area (Å²) in [6, 6.07) is 4.66. The van der Waals surface area contributed by atoms with Gasteiger partial charge in [-0.3, -0.25) is 9.59 Å². The highest BCUT2D eigenvalue weighted by molar-refractivity contribution is 5.96. The molecule has 1 N–H and O–H groups in total. The van der Waals surface area contributed by atoms with Crippen LogP contribution in [0.4, 0.5) is 18.0 Å². The summed E-state index contributed by atoms with van der Waals surface area (Å²) < 4.78 is 44.7. The topological polar surface area (TPSA) is 79.0 Å². The minimum atomic E-state index is -4.63. The maximum atomic E-state index is 13.2. The third-order valence-corrected chi connectivity index (χ3v) is 4.38. The second-order valence-electron chi connectivity index (χ2n) is 7.93. The molecular formula is C20H26F3N3O4. The highest BCUT2D eigenvalue weighted by atomic mass is 19.4. The van der Waals surface area contributed by atoms with Crippen LogP contribution in [-0.2, 0) is 15.7 Å². The van der Waals surface area contributed by atoms with E-state index in [1.807, 2.05) is 0 Å². The molecule has 1 aliphatic heterocycles. The predicted molar refractivity (Wildman–Crippen MR) is 103 cm³/mol. The van der Waals surface area contributed by atoms with Gasteiger partial charge in [0, 0.05) is 26.2 Å². The van der Waals surface area contributed by atoms with Crippen LogP contribution in [0.5, 0.6) is 0 Å². The second kappa shape index (κ2) is 9.36. The van der Waals surface area contributed by atoms with E-state index in [4.69, 9.17) is 4.74 Å². The first-order valence-electron chi connectivity index (χ1n) is 9.58. The molecule has 0 atom stereocenters. The van der Waals surface area contributed by atoms with Gasteiger partial charge >= 0.3 is 12.3 Å². The van der Waals surface area contributed by atoms with Crippen molar-refractivity contribution in [2.24, 2.45) is 0 Å². The number of rotatable bonds is 3. The number of nitrogens with zero attached hydrogens (tertiary/aromatic N) is 2. The highest BCUT2D eigenvalue weighted by Crippen LogP contribution is 2.32. The fourth-order valence-electron chi connectivity index (χ4n) is 3.03. The Kier molecular flexibility index (Phi) is 7.33. The van der Waals surface area contributed by atoms with Gasteiger partial charge in [-0.05, 0) is 39.3 Å². The summed E-state index contributed by atoms with van der Waals surface area (Å²) in [5.74, 6) is -1.07. The van der Waals surface area contributed by atoms with Crippen LogP contribution in [0.1, 0.15) is 43.1 Å². The molecule has 0 aliphatic carbocycles. The van der Waals surface area contributed by atoms with Gasteiger partial charge in [0.2, 0.25) is 5.91 Å².